The fraction of sp³-hybridized carbons (Fsp3) is 0.526. The second-order valence-corrected chi connectivity index (χ2v) is 9.06. The van der Waals surface area contributed by atoms with Gasteiger partial charge in [-0.2, -0.15) is 0 Å². The van der Waals surface area contributed by atoms with E-state index in [1.165, 1.54) is 9.75 Å². The Morgan fingerprint density at radius 1 is 1.29 bits per heavy atom. The van der Waals surface area contributed by atoms with Gasteiger partial charge >= 0.3 is 0 Å². The van der Waals surface area contributed by atoms with Crippen LogP contribution in [0.25, 0.3) is 0 Å². The number of thiophene rings is 2. The summed E-state index contributed by atoms with van der Waals surface area (Å²) in [7, 11) is 0. The minimum Gasteiger partial charge on any atom is -0.379 e. The first-order valence-electron chi connectivity index (χ1n) is 9.38. The van der Waals surface area contributed by atoms with Crippen LogP contribution in [0.4, 0.5) is 0 Å². The van der Waals surface area contributed by atoms with Crippen LogP contribution in [0, 0.1) is 0 Å². The van der Waals surface area contributed by atoms with Crippen LogP contribution in [0.5, 0.6) is 0 Å². The lowest BCUT2D eigenvalue weighted by molar-refractivity contribution is 0.0186. The van der Waals surface area contributed by atoms with Crippen LogP contribution >= 0.6 is 58.3 Å². The van der Waals surface area contributed by atoms with E-state index in [0.29, 0.717) is 6.04 Å². The van der Waals surface area contributed by atoms with Crippen molar-refractivity contribution in [3.63, 3.8) is 0 Å². The number of nitrogens with one attached hydrogen (secondary N) is 2. The quantitative estimate of drug-likeness (QED) is 0.291. The zero-order valence-corrected chi connectivity index (χ0v) is 20.7. The molecule has 0 bridgehead atoms. The standard InChI is InChI=1S/C19H27ClN4OS2.HI/c1-2-21-19(22-8-7-15-5-6-18(20)27-15)23-14-16(17-4-3-13-26-17)24-9-11-25-12-10-24;/h3-6,13,16H,2,7-12,14H2,1H3,(H2,21,22,23);1H. The van der Waals surface area contributed by atoms with Crippen LogP contribution in [-0.2, 0) is 11.2 Å². The lowest BCUT2D eigenvalue weighted by Crippen LogP contribution is -2.42. The summed E-state index contributed by atoms with van der Waals surface area (Å²) in [5.74, 6) is 0.870. The van der Waals surface area contributed by atoms with Crippen molar-refractivity contribution >= 4 is 64.2 Å². The number of nitrogens with zero attached hydrogens (tertiary/aromatic N) is 2. The molecule has 1 atom stereocenters. The van der Waals surface area contributed by atoms with Gasteiger partial charge in [-0.1, -0.05) is 17.7 Å². The van der Waals surface area contributed by atoms with Gasteiger partial charge in [-0.05, 0) is 36.9 Å². The largest absolute Gasteiger partial charge is 0.379 e. The first-order valence-corrected chi connectivity index (χ1v) is 11.4. The highest BCUT2D eigenvalue weighted by molar-refractivity contribution is 14.0. The molecule has 156 valence electrons. The van der Waals surface area contributed by atoms with Gasteiger partial charge in [0.15, 0.2) is 5.96 Å². The van der Waals surface area contributed by atoms with Crippen molar-refractivity contribution in [2.75, 3.05) is 45.9 Å². The fourth-order valence-corrected chi connectivity index (χ4v) is 5.00. The van der Waals surface area contributed by atoms with Crippen LogP contribution in [-0.4, -0.2) is 56.8 Å². The van der Waals surface area contributed by atoms with Gasteiger partial charge in [0, 0.05) is 35.9 Å². The van der Waals surface area contributed by atoms with Gasteiger partial charge in [-0.3, -0.25) is 9.89 Å². The molecule has 0 aliphatic carbocycles. The molecule has 0 amide bonds. The number of morpholine rings is 1. The van der Waals surface area contributed by atoms with Crippen LogP contribution in [0.2, 0.25) is 4.34 Å². The summed E-state index contributed by atoms with van der Waals surface area (Å²) in [5, 5.41) is 8.94. The Hall–Kier alpha value is -0.390. The second-order valence-electron chi connectivity index (χ2n) is 6.28. The molecule has 0 spiro atoms. The van der Waals surface area contributed by atoms with E-state index >= 15 is 0 Å². The smallest absolute Gasteiger partial charge is 0.191 e. The Kier molecular flexibility index (Phi) is 11.1. The molecule has 1 fully saturated rings. The van der Waals surface area contributed by atoms with E-state index in [9.17, 15) is 0 Å². The van der Waals surface area contributed by atoms with E-state index in [4.69, 9.17) is 21.3 Å². The number of hydrogen-bond donors (Lipinski definition) is 2. The van der Waals surface area contributed by atoms with Crippen molar-refractivity contribution in [3.8, 4) is 0 Å². The summed E-state index contributed by atoms with van der Waals surface area (Å²) in [4.78, 5) is 10.0. The molecule has 1 aliphatic rings. The van der Waals surface area contributed by atoms with E-state index in [2.05, 4.69) is 46.0 Å². The van der Waals surface area contributed by atoms with Crippen LogP contribution in [0.3, 0.4) is 0 Å². The van der Waals surface area contributed by atoms with Crippen molar-refractivity contribution in [2.45, 2.75) is 19.4 Å². The third kappa shape index (κ3) is 7.46. The summed E-state index contributed by atoms with van der Waals surface area (Å²) in [6, 6.07) is 8.67. The minimum atomic E-state index is 0. The molecule has 28 heavy (non-hydrogen) atoms. The van der Waals surface area contributed by atoms with Crippen molar-refractivity contribution in [3.05, 3.63) is 43.7 Å². The summed E-state index contributed by atoms with van der Waals surface area (Å²) >= 11 is 9.45. The molecule has 1 unspecified atom stereocenters. The highest BCUT2D eigenvalue weighted by Crippen LogP contribution is 2.26. The Morgan fingerprint density at radius 3 is 2.75 bits per heavy atom. The number of guanidine groups is 1. The van der Waals surface area contributed by atoms with E-state index in [1.54, 1.807) is 22.7 Å². The molecule has 2 aromatic heterocycles. The molecule has 0 saturated carbocycles. The Balaban J connectivity index is 0.00000280. The minimum absolute atomic E-state index is 0. The SMILES string of the molecule is CCNC(=NCC(c1cccs1)N1CCOCC1)NCCc1ccc(Cl)s1.I. The normalized spacial score (nSPS) is 16.4. The maximum absolute atomic E-state index is 6.01. The molecule has 3 rings (SSSR count). The average molecular weight is 555 g/mol. The molecular weight excluding hydrogens is 527 g/mol. The Morgan fingerprint density at radius 2 is 2.11 bits per heavy atom. The van der Waals surface area contributed by atoms with Gasteiger partial charge in [0.25, 0.3) is 0 Å². The van der Waals surface area contributed by atoms with Crippen LogP contribution < -0.4 is 10.6 Å². The van der Waals surface area contributed by atoms with E-state index in [0.717, 1.165) is 62.7 Å². The Labute approximate surface area is 197 Å². The van der Waals surface area contributed by atoms with Crippen molar-refractivity contribution in [1.82, 2.24) is 15.5 Å². The lowest BCUT2D eigenvalue weighted by atomic mass is 10.2. The van der Waals surface area contributed by atoms with Gasteiger partial charge in [0.05, 0.1) is 30.1 Å². The van der Waals surface area contributed by atoms with Crippen molar-refractivity contribution in [1.29, 1.82) is 0 Å². The lowest BCUT2D eigenvalue weighted by Gasteiger charge is -2.33. The first-order chi connectivity index (χ1) is 13.3. The molecule has 1 saturated heterocycles. The Bertz CT molecular complexity index is 705. The van der Waals surface area contributed by atoms with Gasteiger partial charge in [0.1, 0.15) is 0 Å². The van der Waals surface area contributed by atoms with E-state index < -0.39 is 0 Å². The molecule has 2 N–H and O–H groups in total. The molecule has 2 aromatic rings. The van der Waals surface area contributed by atoms with Gasteiger partial charge in [-0.15, -0.1) is 46.7 Å². The van der Waals surface area contributed by atoms with Crippen molar-refractivity contribution in [2.24, 2.45) is 4.99 Å². The average Bonchev–Trinajstić information content (AvgIpc) is 3.35. The maximum atomic E-state index is 6.01. The maximum Gasteiger partial charge on any atom is 0.191 e. The van der Waals surface area contributed by atoms with E-state index in [-0.39, 0.29) is 24.0 Å². The summed E-state index contributed by atoms with van der Waals surface area (Å²) in [6.07, 6.45) is 0.944. The summed E-state index contributed by atoms with van der Waals surface area (Å²) in [6.45, 7) is 8.03. The monoisotopic (exact) mass is 554 g/mol. The topological polar surface area (TPSA) is 48.9 Å². The zero-order chi connectivity index (χ0) is 18.9. The molecule has 1 aliphatic heterocycles. The molecule has 5 nitrogen and oxygen atoms in total. The molecular formula is C19H28ClIN4OS2. The fourth-order valence-electron chi connectivity index (χ4n) is 3.07. The van der Waals surface area contributed by atoms with Crippen molar-refractivity contribution < 1.29 is 4.74 Å². The number of ether oxygens (including phenoxy) is 1. The second kappa shape index (κ2) is 13.0. The van der Waals surface area contributed by atoms with Gasteiger partial charge in [-0.25, -0.2) is 0 Å². The van der Waals surface area contributed by atoms with Crippen LogP contribution in [0.1, 0.15) is 22.7 Å². The van der Waals surface area contributed by atoms with Gasteiger partial charge < -0.3 is 15.4 Å². The predicted octanol–water partition coefficient (Wildman–Crippen LogP) is 4.25. The highest BCUT2D eigenvalue weighted by Gasteiger charge is 2.23. The number of hydrogen-bond acceptors (Lipinski definition) is 5. The summed E-state index contributed by atoms with van der Waals surface area (Å²) in [5.41, 5.74) is 0. The van der Waals surface area contributed by atoms with E-state index in [1.807, 2.05) is 6.07 Å². The highest BCUT2D eigenvalue weighted by atomic mass is 127. The number of halogens is 2. The predicted molar refractivity (Wildman–Crippen MR) is 132 cm³/mol. The third-order valence-corrected chi connectivity index (χ3v) is 6.68. The van der Waals surface area contributed by atoms with Crippen LogP contribution in [0.15, 0.2) is 34.6 Å². The molecule has 3 heterocycles. The first kappa shape index (κ1) is 23.9. The molecule has 0 aromatic carbocycles. The number of aliphatic imine (C=N–C) groups is 1. The molecule has 9 heteroatoms. The zero-order valence-electron chi connectivity index (χ0n) is 16.0. The number of rotatable bonds is 8. The third-order valence-electron chi connectivity index (χ3n) is 4.42. The van der Waals surface area contributed by atoms with Gasteiger partial charge in [0.2, 0.25) is 0 Å². The molecule has 0 radical (unpaired) electrons. The summed E-state index contributed by atoms with van der Waals surface area (Å²) < 4.78 is 6.36.